The van der Waals surface area contributed by atoms with Gasteiger partial charge in [0.2, 0.25) is 5.91 Å². The van der Waals surface area contributed by atoms with Gasteiger partial charge in [0.25, 0.3) is 0 Å². The zero-order valence-corrected chi connectivity index (χ0v) is 17.6. The number of nitrogens with one attached hydrogen (secondary N) is 1. The van der Waals surface area contributed by atoms with Gasteiger partial charge in [0.1, 0.15) is 10.8 Å². The van der Waals surface area contributed by atoms with Gasteiger partial charge in [-0.15, -0.1) is 11.3 Å². The normalized spacial score (nSPS) is 14.6. The molecule has 1 fully saturated rings. The van der Waals surface area contributed by atoms with E-state index in [9.17, 15) is 14.7 Å². The Morgan fingerprint density at radius 2 is 1.90 bits per heavy atom. The van der Waals surface area contributed by atoms with E-state index < -0.39 is 5.97 Å². The van der Waals surface area contributed by atoms with Crippen molar-refractivity contribution in [2.75, 3.05) is 49.5 Å². The fourth-order valence-corrected chi connectivity index (χ4v) is 4.32. The molecule has 7 nitrogen and oxygen atoms in total. The highest BCUT2D eigenvalue weighted by atomic mass is 32.1. The maximum absolute atomic E-state index is 12.6. The van der Waals surface area contributed by atoms with Crippen LogP contribution < -0.4 is 10.2 Å². The number of carbonyl (C=O) groups excluding carboxylic acids is 2. The Hall–Kier alpha value is -2.58. The number of aromatic hydroxyl groups is 1. The summed E-state index contributed by atoms with van der Waals surface area (Å²) in [7, 11) is 0. The molecule has 1 aromatic heterocycles. The molecule has 1 aromatic carbocycles. The van der Waals surface area contributed by atoms with E-state index in [1.807, 2.05) is 19.1 Å². The molecule has 8 heteroatoms. The van der Waals surface area contributed by atoms with Crippen LogP contribution in [0.3, 0.4) is 0 Å². The number of benzene rings is 1. The molecule has 2 heterocycles. The Balaban J connectivity index is 1.56. The van der Waals surface area contributed by atoms with E-state index in [2.05, 4.69) is 15.1 Å². The van der Waals surface area contributed by atoms with Crippen molar-refractivity contribution < 1.29 is 19.4 Å². The van der Waals surface area contributed by atoms with Gasteiger partial charge in [0, 0.05) is 31.1 Å². The molecular weight excluding hydrogens is 390 g/mol. The summed E-state index contributed by atoms with van der Waals surface area (Å²) < 4.78 is 5.10. The summed E-state index contributed by atoms with van der Waals surface area (Å²) in [4.78, 5) is 29.9. The highest BCUT2D eigenvalue weighted by Gasteiger charge is 2.23. The van der Waals surface area contributed by atoms with Crippen LogP contribution >= 0.6 is 11.3 Å². The molecule has 1 aliphatic rings. The summed E-state index contributed by atoms with van der Waals surface area (Å²) in [6.07, 6.45) is 0.793. The number of amides is 1. The smallest absolute Gasteiger partial charge is 0.341 e. The number of phenols is 1. The van der Waals surface area contributed by atoms with Crippen LogP contribution in [0.4, 0.5) is 10.7 Å². The molecule has 29 heavy (non-hydrogen) atoms. The molecule has 0 atom stereocenters. The van der Waals surface area contributed by atoms with Gasteiger partial charge in [0.15, 0.2) is 0 Å². The first kappa shape index (κ1) is 21.1. The average molecular weight is 418 g/mol. The highest BCUT2D eigenvalue weighted by molar-refractivity contribution is 7.16. The topological polar surface area (TPSA) is 82.1 Å². The average Bonchev–Trinajstić information content (AvgIpc) is 3.12. The summed E-state index contributed by atoms with van der Waals surface area (Å²) in [6.45, 7) is 7.24. The van der Waals surface area contributed by atoms with Gasteiger partial charge < -0.3 is 20.1 Å². The molecule has 1 saturated heterocycles. The van der Waals surface area contributed by atoms with Crippen LogP contribution in [0.5, 0.6) is 5.75 Å². The van der Waals surface area contributed by atoms with Gasteiger partial charge in [-0.3, -0.25) is 9.69 Å². The Kier molecular flexibility index (Phi) is 7.11. The molecule has 2 aromatic rings. The number of hydrogen-bond acceptors (Lipinski definition) is 7. The maximum atomic E-state index is 12.6. The molecule has 2 N–H and O–H groups in total. The number of anilines is 2. The number of thiophene rings is 1. The molecular formula is C21H27N3O4S. The number of carbonyl (C=O) groups is 2. The third-order valence-corrected chi connectivity index (χ3v) is 6.04. The lowest BCUT2D eigenvalue weighted by molar-refractivity contribution is -0.117. The predicted octanol–water partition coefficient (Wildman–Crippen LogP) is 2.95. The number of nitrogens with zero attached hydrogens (tertiary/aromatic N) is 2. The van der Waals surface area contributed by atoms with Gasteiger partial charge in [-0.1, -0.05) is 19.1 Å². The quantitative estimate of drug-likeness (QED) is 0.674. The fraction of sp³-hybridized carbons (Fsp3) is 0.429. The summed E-state index contributed by atoms with van der Waals surface area (Å²) in [5.41, 5.74) is 1.24. The van der Waals surface area contributed by atoms with Gasteiger partial charge in [0.05, 0.1) is 24.4 Å². The zero-order valence-electron chi connectivity index (χ0n) is 16.8. The van der Waals surface area contributed by atoms with Crippen molar-refractivity contribution in [1.29, 1.82) is 0 Å². The Labute approximate surface area is 174 Å². The van der Waals surface area contributed by atoms with Crippen LogP contribution in [-0.4, -0.2) is 61.2 Å². The van der Waals surface area contributed by atoms with Crippen molar-refractivity contribution >= 4 is 33.9 Å². The SMILES string of the molecule is CCOC(=O)c1cc(CC)sc1NC(=O)CN1CCN(c2ccccc2O)CC1. The van der Waals surface area contributed by atoms with Crippen LogP contribution in [0.15, 0.2) is 30.3 Å². The minimum absolute atomic E-state index is 0.143. The molecule has 1 aliphatic heterocycles. The van der Waals surface area contributed by atoms with Crippen LogP contribution in [0.1, 0.15) is 29.1 Å². The van der Waals surface area contributed by atoms with Crippen molar-refractivity contribution in [2.24, 2.45) is 0 Å². The van der Waals surface area contributed by atoms with E-state index in [0.717, 1.165) is 43.2 Å². The van der Waals surface area contributed by atoms with Crippen molar-refractivity contribution in [3.63, 3.8) is 0 Å². The maximum Gasteiger partial charge on any atom is 0.341 e. The summed E-state index contributed by atoms with van der Waals surface area (Å²) in [5, 5.41) is 13.5. The van der Waals surface area contributed by atoms with E-state index >= 15 is 0 Å². The van der Waals surface area contributed by atoms with E-state index in [4.69, 9.17) is 4.74 Å². The van der Waals surface area contributed by atoms with E-state index in [0.29, 0.717) is 17.2 Å². The first-order valence-electron chi connectivity index (χ1n) is 9.86. The summed E-state index contributed by atoms with van der Waals surface area (Å²) in [6, 6.07) is 9.09. The first-order valence-corrected chi connectivity index (χ1v) is 10.7. The van der Waals surface area contributed by atoms with Crippen LogP contribution in [0.25, 0.3) is 0 Å². The Morgan fingerprint density at radius 1 is 1.17 bits per heavy atom. The van der Waals surface area contributed by atoms with Crippen LogP contribution in [0, 0.1) is 0 Å². The standard InChI is InChI=1S/C21H27N3O4S/c1-3-15-13-16(21(27)28-4-2)20(29-15)22-19(26)14-23-9-11-24(12-10-23)17-7-5-6-8-18(17)25/h5-8,13,25H,3-4,9-12,14H2,1-2H3,(H,22,26). The Morgan fingerprint density at radius 3 is 2.55 bits per heavy atom. The van der Waals surface area contributed by atoms with Crippen molar-refractivity contribution in [1.82, 2.24) is 4.90 Å². The third kappa shape index (κ3) is 5.27. The summed E-state index contributed by atoms with van der Waals surface area (Å²) >= 11 is 1.42. The van der Waals surface area contributed by atoms with E-state index in [-0.39, 0.29) is 18.2 Å². The molecule has 1 amide bonds. The lowest BCUT2D eigenvalue weighted by Crippen LogP contribution is -2.48. The van der Waals surface area contributed by atoms with E-state index in [1.165, 1.54) is 11.3 Å². The number of ether oxygens (including phenoxy) is 1. The molecule has 156 valence electrons. The number of hydrogen-bond donors (Lipinski definition) is 2. The van der Waals surface area contributed by atoms with Gasteiger partial charge in [-0.05, 0) is 31.5 Å². The molecule has 0 aliphatic carbocycles. The third-order valence-electron chi connectivity index (χ3n) is 4.84. The minimum atomic E-state index is -0.407. The molecule has 0 saturated carbocycles. The lowest BCUT2D eigenvalue weighted by Gasteiger charge is -2.35. The number of para-hydroxylation sites is 2. The van der Waals surface area contributed by atoms with Crippen molar-refractivity contribution in [3.8, 4) is 5.75 Å². The molecule has 0 unspecified atom stereocenters. The molecule has 0 spiro atoms. The largest absolute Gasteiger partial charge is 0.506 e. The monoisotopic (exact) mass is 417 g/mol. The number of phenolic OH excluding ortho intramolecular Hbond substituents is 1. The second-order valence-corrected chi connectivity index (χ2v) is 7.97. The van der Waals surface area contributed by atoms with Crippen LogP contribution in [-0.2, 0) is 16.0 Å². The molecule has 3 rings (SSSR count). The highest BCUT2D eigenvalue weighted by Crippen LogP contribution is 2.30. The van der Waals surface area contributed by atoms with Gasteiger partial charge >= 0.3 is 5.97 Å². The molecule has 0 radical (unpaired) electrons. The van der Waals surface area contributed by atoms with Crippen molar-refractivity contribution in [3.05, 3.63) is 40.8 Å². The van der Waals surface area contributed by atoms with E-state index in [1.54, 1.807) is 25.1 Å². The second-order valence-electron chi connectivity index (χ2n) is 6.83. The van der Waals surface area contributed by atoms with Crippen molar-refractivity contribution in [2.45, 2.75) is 20.3 Å². The van der Waals surface area contributed by atoms with Gasteiger partial charge in [-0.2, -0.15) is 0 Å². The number of esters is 1. The number of aryl methyl sites for hydroxylation is 1. The number of piperazine rings is 1. The minimum Gasteiger partial charge on any atom is -0.506 e. The molecule has 0 bridgehead atoms. The summed E-state index contributed by atoms with van der Waals surface area (Å²) in [5.74, 6) is -0.277. The first-order chi connectivity index (χ1) is 14.0. The Bertz CT molecular complexity index is 859. The predicted molar refractivity (Wildman–Crippen MR) is 115 cm³/mol. The van der Waals surface area contributed by atoms with Crippen LogP contribution in [0.2, 0.25) is 0 Å². The fourth-order valence-electron chi connectivity index (χ4n) is 3.32. The number of rotatable bonds is 7. The zero-order chi connectivity index (χ0) is 20.8. The lowest BCUT2D eigenvalue weighted by atomic mass is 10.2. The van der Waals surface area contributed by atoms with Gasteiger partial charge in [-0.25, -0.2) is 4.79 Å². The second kappa shape index (κ2) is 9.76.